The maximum atomic E-state index is 15.0. The fourth-order valence-corrected chi connectivity index (χ4v) is 7.65. The number of unbranched alkanes of at least 4 members (excludes halogenated alkanes) is 4. The van der Waals surface area contributed by atoms with Gasteiger partial charge in [0.05, 0.1) is 19.3 Å². The lowest BCUT2D eigenvalue weighted by Gasteiger charge is -2.37. The van der Waals surface area contributed by atoms with Crippen molar-refractivity contribution in [2.75, 3.05) is 19.8 Å². The average molecular weight is 639 g/mol. The highest BCUT2D eigenvalue weighted by molar-refractivity contribution is 5.35. The van der Waals surface area contributed by atoms with Crippen LogP contribution in [0.1, 0.15) is 123 Å². The Morgan fingerprint density at radius 3 is 1.91 bits per heavy atom. The zero-order chi connectivity index (χ0) is 32.0. The molecule has 1 aliphatic heterocycles. The molecule has 1 heterocycles. The van der Waals surface area contributed by atoms with E-state index in [0.717, 1.165) is 50.5 Å². The third kappa shape index (κ3) is 11.2. The molecule has 3 nitrogen and oxygen atoms in total. The van der Waals surface area contributed by atoms with Gasteiger partial charge in [0.15, 0.2) is 17.7 Å². The quantitative estimate of drug-likeness (QED) is 0.0965. The molecule has 0 radical (unpaired) electrons. The first-order chi connectivity index (χ1) is 21.9. The predicted molar refractivity (Wildman–Crippen MR) is 173 cm³/mol. The molecule has 2 saturated carbocycles. The second-order valence-electron chi connectivity index (χ2n) is 14.0. The van der Waals surface area contributed by atoms with Crippen molar-refractivity contribution in [3.05, 3.63) is 35.9 Å². The molecule has 3 fully saturated rings. The summed E-state index contributed by atoms with van der Waals surface area (Å²) in [6.45, 7) is 4.88. The second-order valence-corrected chi connectivity index (χ2v) is 14.0. The number of hydrogen-bond donors (Lipinski definition) is 0. The van der Waals surface area contributed by atoms with Gasteiger partial charge in [-0.1, -0.05) is 58.1 Å². The van der Waals surface area contributed by atoms with Crippen molar-refractivity contribution < 1.29 is 31.8 Å². The molecule has 1 aromatic carbocycles. The molecule has 3 aliphatic rings. The Morgan fingerprint density at radius 1 is 0.733 bits per heavy atom. The summed E-state index contributed by atoms with van der Waals surface area (Å²) in [6.07, 6.45) is 19.9. The summed E-state index contributed by atoms with van der Waals surface area (Å²) in [4.78, 5) is 0. The molecular formula is C38H58F4O3. The predicted octanol–water partition coefficient (Wildman–Crippen LogP) is 11.1. The molecule has 45 heavy (non-hydrogen) atoms. The maximum Gasteiger partial charge on any atom is 0.204 e. The minimum atomic E-state index is -1.90. The molecule has 0 aromatic heterocycles. The van der Waals surface area contributed by atoms with Crippen LogP contribution in [0.15, 0.2) is 24.3 Å². The van der Waals surface area contributed by atoms with Crippen LogP contribution in [-0.4, -0.2) is 38.3 Å². The molecule has 0 bridgehead atoms. The van der Waals surface area contributed by atoms with Crippen LogP contribution in [0.4, 0.5) is 17.6 Å². The van der Waals surface area contributed by atoms with Gasteiger partial charge in [-0.2, -0.15) is 8.78 Å². The van der Waals surface area contributed by atoms with E-state index >= 15 is 4.39 Å². The topological polar surface area (TPSA) is 27.7 Å². The summed E-state index contributed by atoms with van der Waals surface area (Å²) in [7, 11) is 0. The molecule has 0 spiro atoms. The van der Waals surface area contributed by atoms with E-state index in [4.69, 9.17) is 14.2 Å². The molecule has 2 aliphatic carbocycles. The van der Waals surface area contributed by atoms with Gasteiger partial charge in [-0.25, -0.2) is 8.78 Å². The van der Waals surface area contributed by atoms with Crippen LogP contribution in [0.2, 0.25) is 0 Å². The van der Waals surface area contributed by atoms with Crippen LogP contribution in [0.5, 0.6) is 11.5 Å². The molecule has 0 amide bonds. The van der Waals surface area contributed by atoms with Gasteiger partial charge in [0.25, 0.3) is 0 Å². The van der Waals surface area contributed by atoms with Gasteiger partial charge in [0.2, 0.25) is 11.6 Å². The first-order valence-electron chi connectivity index (χ1n) is 18.2. The lowest BCUT2D eigenvalue weighted by atomic mass is 9.73. The first-order valence-corrected chi connectivity index (χ1v) is 18.2. The van der Waals surface area contributed by atoms with Crippen molar-refractivity contribution in [3.63, 3.8) is 0 Å². The zero-order valence-electron chi connectivity index (χ0n) is 27.8. The molecule has 4 rings (SSSR count). The summed E-state index contributed by atoms with van der Waals surface area (Å²) >= 11 is 0. The lowest BCUT2D eigenvalue weighted by Crippen LogP contribution is -2.33. The molecule has 7 heteroatoms. The fraction of sp³-hybridized carbons (Fsp3) is 0.789. The van der Waals surface area contributed by atoms with Gasteiger partial charge in [-0.3, -0.25) is 0 Å². The number of rotatable bonds is 17. The Labute approximate surface area is 269 Å². The van der Waals surface area contributed by atoms with Gasteiger partial charge in [-0.15, -0.1) is 0 Å². The lowest BCUT2D eigenvalue weighted by molar-refractivity contribution is -0.0420. The van der Waals surface area contributed by atoms with E-state index in [1.54, 1.807) is 0 Å². The van der Waals surface area contributed by atoms with Gasteiger partial charge in [0, 0.05) is 0 Å². The standard InChI is InChI=1S/C38H58F4O3/c1-3-5-7-9-32-21-20-31(25-44-32)29-16-12-27(13-17-29)10-11-28-14-18-30(19-15-28)36(40)33(39)26-45-35-23-22-34(37(41)38(35)42)43-24-8-6-4-2/h10-11,22-23,27-33,36H,3-9,12-21,24-26H2,1-2H3/b11-10+. The SMILES string of the molecule is CCCCCOc1ccc(OCC(F)C(F)C2CCC(/C=C/C3CCC(C4CCC(CCCCC)OC4)CC3)CC2)c(F)c1F. The van der Waals surface area contributed by atoms with Crippen LogP contribution in [0.3, 0.4) is 0 Å². The smallest absolute Gasteiger partial charge is 0.204 e. The molecule has 1 aromatic rings. The second kappa shape index (κ2) is 19.2. The van der Waals surface area contributed by atoms with E-state index in [0.29, 0.717) is 30.8 Å². The summed E-state index contributed by atoms with van der Waals surface area (Å²) in [5.74, 6) is -0.846. The molecule has 256 valence electrons. The van der Waals surface area contributed by atoms with Crippen molar-refractivity contribution in [1.29, 1.82) is 0 Å². The molecule has 1 saturated heterocycles. The number of alkyl halides is 2. The highest BCUT2D eigenvalue weighted by atomic mass is 19.2. The van der Waals surface area contributed by atoms with Crippen molar-refractivity contribution in [1.82, 2.24) is 0 Å². The van der Waals surface area contributed by atoms with E-state index in [1.807, 2.05) is 6.92 Å². The maximum absolute atomic E-state index is 15.0. The molecule has 0 N–H and O–H groups in total. The van der Waals surface area contributed by atoms with Crippen LogP contribution in [0.25, 0.3) is 0 Å². The minimum Gasteiger partial charge on any atom is -0.490 e. The van der Waals surface area contributed by atoms with Crippen molar-refractivity contribution in [3.8, 4) is 11.5 Å². The summed E-state index contributed by atoms with van der Waals surface area (Å²) in [6, 6.07) is 2.49. The Hall–Kier alpha value is -1.76. The van der Waals surface area contributed by atoms with Gasteiger partial charge < -0.3 is 14.2 Å². The zero-order valence-corrected chi connectivity index (χ0v) is 27.8. The molecular weight excluding hydrogens is 580 g/mol. The van der Waals surface area contributed by atoms with Crippen LogP contribution < -0.4 is 9.47 Å². The monoisotopic (exact) mass is 638 g/mol. The Kier molecular flexibility index (Phi) is 15.4. The van der Waals surface area contributed by atoms with E-state index in [-0.39, 0.29) is 18.3 Å². The third-order valence-corrected chi connectivity index (χ3v) is 10.7. The van der Waals surface area contributed by atoms with Crippen molar-refractivity contribution >= 4 is 0 Å². The van der Waals surface area contributed by atoms with Gasteiger partial charge in [-0.05, 0) is 119 Å². The van der Waals surface area contributed by atoms with Crippen molar-refractivity contribution in [2.45, 2.75) is 141 Å². The first kappa shape index (κ1) is 36.1. The number of allylic oxidation sites excluding steroid dienone is 2. The Morgan fingerprint density at radius 2 is 1.31 bits per heavy atom. The number of benzene rings is 1. The fourth-order valence-electron chi connectivity index (χ4n) is 7.65. The van der Waals surface area contributed by atoms with Crippen LogP contribution >= 0.6 is 0 Å². The Bertz CT molecular complexity index is 995. The van der Waals surface area contributed by atoms with Crippen LogP contribution in [0, 0.1) is 41.2 Å². The van der Waals surface area contributed by atoms with E-state index < -0.39 is 36.3 Å². The highest BCUT2D eigenvalue weighted by Crippen LogP contribution is 2.40. The van der Waals surface area contributed by atoms with Crippen LogP contribution in [-0.2, 0) is 4.74 Å². The third-order valence-electron chi connectivity index (χ3n) is 10.7. The van der Waals surface area contributed by atoms with Gasteiger partial charge in [0.1, 0.15) is 12.8 Å². The Balaban J connectivity index is 1.11. The van der Waals surface area contributed by atoms with E-state index in [2.05, 4.69) is 19.1 Å². The van der Waals surface area contributed by atoms with E-state index in [1.165, 1.54) is 76.3 Å². The number of hydrogen-bond acceptors (Lipinski definition) is 3. The van der Waals surface area contributed by atoms with E-state index in [9.17, 15) is 13.2 Å². The summed E-state index contributed by atoms with van der Waals surface area (Å²) in [5.41, 5.74) is 0. The summed E-state index contributed by atoms with van der Waals surface area (Å²) < 4.78 is 75.4. The number of halogens is 4. The number of ether oxygens (including phenoxy) is 3. The summed E-state index contributed by atoms with van der Waals surface area (Å²) in [5, 5.41) is 0. The average Bonchev–Trinajstić information content (AvgIpc) is 3.07. The minimum absolute atomic E-state index is 0.199. The van der Waals surface area contributed by atoms with Gasteiger partial charge >= 0.3 is 0 Å². The molecule has 4 atom stereocenters. The van der Waals surface area contributed by atoms with Crippen molar-refractivity contribution in [2.24, 2.45) is 29.6 Å². The highest BCUT2D eigenvalue weighted by Gasteiger charge is 2.34. The molecule has 4 unspecified atom stereocenters. The normalized spacial score (nSPS) is 29.0. The largest absolute Gasteiger partial charge is 0.490 e.